The number of hydrogen-bond donors (Lipinski definition) is 2. The first kappa shape index (κ1) is 18.8. The molecule has 140 valence electrons. The summed E-state index contributed by atoms with van der Waals surface area (Å²) in [5.41, 5.74) is 1.59. The Kier molecular flexibility index (Phi) is 5.36. The fourth-order valence-electron chi connectivity index (χ4n) is 2.71. The number of benzene rings is 1. The molecule has 0 saturated carbocycles. The second kappa shape index (κ2) is 7.71. The summed E-state index contributed by atoms with van der Waals surface area (Å²) in [6, 6.07) is 6.61. The van der Waals surface area contributed by atoms with Crippen LogP contribution in [0, 0.1) is 13.8 Å². The number of thiophene rings is 1. The van der Waals surface area contributed by atoms with Crippen LogP contribution in [0.5, 0.6) is 0 Å². The van der Waals surface area contributed by atoms with Crippen molar-refractivity contribution in [2.45, 2.75) is 27.2 Å². The third-order valence-electron chi connectivity index (χ3n) is 4.09. The van der Waals surface area contributed by atoms with Crippen LogP contribution in [0.25, 0.3) is 10.2 Å². The number of aromatic nitrogens is 2. The van der Waals surface area contributed by atoms with E-state index < -0.39 is 11.9 Å². The second-order valence-electron chi connectivity index (χ2n) is 5.91. The number of para-hydroxylation sites is 1. The Morgan fingerprint density at radius 1 is 1.22 bits per heavy atom. The zero-order chi connectivity index (χ0) is 19.6. The van der Waals surface area contributed by atoms with Gasteiger partial charge in [0.25, 0.3) is 0 Å². The third-order valence-corrected chi connectivity index (χ3v) is 5.19. The molecule has 2 aromatic heterocycles. The van der Waals surface area contributed by atoms with Gasteiger partial charge in [0.1, 0.15) is 22.9 Å². The Morgan fingerprint density at radius 3 is 2.67 bits per heavy atom. The van der Waals surface area contributed by atoms with E-state index >= 15 is 0 Å². The summed E-state index contributed by atoms with van der Waals surface area (Å²) in [6.45, 7) is 5.98. The highest BCUT2D eigenvalue weighted by molar-refractivity contribution is 7.18. The van der Waals surface area contributed by atoms with Crippen LogP contribution < -0.4 is 5.32 Å². The molecule has 3 aromatic rings. The number of aromatic carboxylic acids is 1. The fourth-order valence-corrected chi connectivity index (χ4v) is 3.76. The third kappa shape index (κ3) is 3.90. The Labute approximate surface area is 160 Å². The van der Waals surface area contributed by atoms with E-state index in [0.717, 1.165) is 20.7 Å². The first-order valence-corrected chi connectivity index (χ1v) is 9.24. The predicted molar refractivity (Wildman–Crippen MR) is 104 cm³/mol. The Hall–Kier alpha value is -3.00. The molecule has 2 N–H and O–H groups in total. The summed E-state index contributed by atoms with van der Waals surface area (Å²) in [6.07, 6.45) is -0.0466. The van der Waals surface area contributed by atoms with Crippen molar-refractivity contribution < 1.29 is 19.4 Å². The number of ether oxygens (including phenoxy) is 1. The van der Waals surface area contributed by atoms with Crippen LogP contribution in [0.1, 0.15) is 33.5 Å². The molecule has 2 heterocycles. The topological polar surface area (TPSA) is 101 Å². The molecule has 0 radical (unpaired) electrons. The highest BCUT2D eigenvalue weighted by Gasteiger charge is 2.18. The number of nitrogens with zero attached hydrogens (tertiary/aromatic N) is 2. The van der Waals surface area contributed by atoms with E-state index in [1.54, 1.807) is 25.1 Å². The number of rotatable bonds is 6. The van der Waals surface area contributed by atoms with Gasteiger partial charge in [0.2, 0.25) is 0 Å². The SMILES string of the molecule is CCOC(=O)Cc1nc(Nc2ccccc2C(=O)O)c2c(C)c(C)sc2n1. The average molecular weight is 385 g/mol. The molecular weight excluding hydrogens is 366 g/mol. The molecule has 27 heavy (non-hydrogen) atoms. The molecule has 0 aliphatic heterocycles. The van der Waals surface area contributed by atoms with Gasteiger partial charge in [-0.2, -0.15) is 0 Å². The van der Waals surface area contributed by atoms with E-state index in [2.05, 4.69) is 15.3 Å². The number of carboxylic acids is 1. The number of hydrogen-bond acceptors (Lipinski definition) is 7. The quantitative estimate of drug-likeness (QED) is 0.621. The molecule has 8 heteroatoms. The van der Waals surface area contributed by atoms with Gasteiger partial charge in [0.15, 0.2) is 0 Å². The lowest BCUT2D eigenvalue weighted by molar-refractivity contribution is -0.142. The zero-order valence-electron chi connectivity index (χ0n) is 15.2. The summed E-state index contributed by atoms with van der Waals surface area (Å²) < 4.78 is 4.98. The normalized spacial score (nSPS) is 10.8. The van der Waals surface area contributed by atoms with Crippen LogP contribution >= 0.6 is 11.3 Å². The van der Waals surface area contributed by atoms with E-state index in [1.807, 2.05) is 13.8 Å². The highest BCUT2D eigenvalue weighted by atomic mass is 32.1. The molecule has 1 aromatic carbocycles. The van der Waals surface area contributed by atoms with E-state index in [4.69, 9.17) is 4.74 Å². The molecule has 3 rings (SSSR count). The molecule has 0 aliphatic rings. The minimum Gasteiger partial charge on any atom is -0.478 e. The first-order chi connectivity index (χ1) is 12.9. The number of carbonyl (C=O) groups excluding carboxylic acids is 1. The summed E-state index contributed by atoms with van der Waals surface area (Å²) in [5.74, 6) is -0.626. The van der Waals surface area contributed by atoms with Gasteiger partial charge >= 0.3 is 11.9 Å². The minimum atomic E-state index is -1.03. The lowest BCUT2D eigenvalue weighted by Crippen LogP contribution is -2.11. The number of anilines is 2. The van der Waals surface area contributed by atoms with E-state index in [-0.39, 0.29) is 18.6 Å². The molecular formula is C19H19N3O4S. The van der Waals surface area contributed by atoms with Gasteiger partial charge in [-0.1, -0.05) is 12.1 Å². The van der Waals surface area contributed by atoms with Crippen LogP contribution in [-0.4, -0.2) is 33.6 Å². The summed E-state index contributed by atoms with van der Waals surface area (Å²) in [7, 11) is 0. The maximum atomic E-state index is 11.8. The van der Waals surface area contributed by atoms with Crippen LogP contribution in [0.3, 0.4) is 0 Å². The summed E-state index contributed by atoms with van der Waals surface area (Å²) in [5, 5.41) is 13.4. The Balaban J connectivity index is 2.10. The molecule has 0 atom stereocenters. The number of esters is 1. The van der Waals surface area contributed by atoms with Gasteiger partial charge in [0, 0.05) is 4.88 Å². The molecule has 0 spiro atoms. The van der Waals surface area contributed by atoms with Crippen LogP contribution in [0.4, 0.5) is 11.5 Å². The molecule has 0 saturated heterocycles. The number of nitrogens with one attached hydrogen (secondary N) is 1. The molecule has 0 fully saturated rings. The lowest BCUT2D eigenvalue weighted by atomic mass is 10.1. The van der Waals surface area contributed by atoms with Gasteiger partial charge in [-0.05, 0) is 38.5 Å². The number of carboxylic acid groups (broad SMARTS) is 1. The van der Waals surface area contributed by atoms with E-state index in [0.29, 0.717) is 17.3 Å². The highest BCUT2D eigenvalue weighted by Crippen LogP contribution is 2.35. The van der Waals surface area contributed by atoms with Crippen LogP contribution in [0.2, 0.25) is 0 Å². The molecule has 0 aliphatic carbocycles. The standard InChI is InChI=1S/C19H19N3O4S/c1-4-26-15(23)9-14-21-17(16-10(2)11(3)27-18(16)22-14)20-13-8-6-5-7-12(13)19(24)25/h5-8H,4,9H2,1-3H3,(H,24,25)(H,20,21,22). The molecule has 7 nitrogen and oxygen atoms in total. The number of fused-ring (bicyclic) bond motifs is 1. The largest absolute Gasteiger partial charge is 0.478 e. The summed E-state index contributed by atoms with van der Waals surface area (Å²) >= 11 is 1.51. The van der Waals surface area contributed by atoms with Crippen molar-refractivity contribution in [3.05, 3.63) is 46.1 Å². The maximum Gasteiger partial charge on any atom is 0.337 e. The minimum absolute atomic E-state index is 0.0466. The van der Waals surface area contributed by atoms with Gasteiger partial charge in [0.05, 0.1) is 23.2 Å². The van der Waals surface area contributed by atoms with Crippen molar-refractivity contribution >= 4 is 45.0 Å². The Bertz CT molecular complexity index is 1030. The molecule has 0 bridgehead atoms. The summed E-state index contributed by atoms with van der Waals surface area (Å²) in [4.78, 5) is 34.1. The first-order valence-electron chi connectivity index (χ1n) is 8.42. The van der Waals surface area contributed by atoms with Crippen molar-refractivity contribution in [3.8, 4) is 0 Å². The van der Waals surface area contributed by atoms with Crippen molar-refractivity contribution in [3.63, 3.8) is 0 Å². The molecule has 0 amide bonds. The van der Waals surface area contributed by atoms with Gasteiger partial charge in [-0.3, -0.25) is 4.79 Å². The fraction of sp³-hybridized carbons (Fsp3) is 0.263. The van der Waals surface area contributed by atoms with Crippen LogP contribution in [0.15, 0.2) is 24.3 Å². The second-order valence-corrected chi connectivity index (χ2v) is 7.11. The van der Waals surface area contributed by atoms with Crippen molar-refractivity contribution in [1.29, 1.82) is 0 Å². The Morgan fingerprint density at radius 2 is 1.96 bits per heavy atom. The van der Waals surface area contributed by atoms with Crippen LogP contribution in [-0.2, 0) is 16.0 Å². The van der Waals surface area contributed by atoms with E-state index in [1.165, 1.54) is 17.4 Å². The average Bonchev–Trinajstić information content (AvgIpc) is 2.89. The maximum absolute atomic E-state index is 11.8. The van der Waals surface area contributed by atoms with Gasteiger partial charge in [-0.15, -0.1) is 11.3 Å². The van der Waals surface area contributed by atoms with E-state index in [9.17, 15) is 14.7 Å². The monoisotopic (exact) mass is 385 g/mol. The number of carbonyl (C=O) groups is 2. The van der Waals surface area contributed by atoms with Crippen molar-refractivity contribution in [2.75, 3.05) is 11.9 Å². The van der Waals surface area contributed by atoms with Crippen molar-refractivity contribution in [1.82, 2.24) is 9.97 Å². The van der Waals surface area contributed by atoms with Crippen molar-refractivity contribution in [2.24, 2.45) is 0 Å². The zero-order valence-corrected chi connectivity index (χ0v) is 16.0. The number of aryl methyl sites for hydroxylation is 2. The smallest absolute Gasteiger partial charge is 0.337 e. The predicted octanol–water partition coefficient (Wildman–Crippen LogP) is 3.86. The molecule has 0 unspecified atom stereocenters. The lowest BCUT2D eigenvalue weighted by Gasteiger charge is -2.11. The van der Waals surface area contributed by atoms with Gasteiger partial charge in [-0.25, -0.2) is 14.8 Å². The van der Waals surface area contributed by atoms with Gasteiger partial charge < -0.3 is 15.2 Å².